The number of thioether (sulfide) groups is 1. The van der Waals surface area contributed by atoms with E-state index >= 15 is 0 Å². The molecule has 1 saturated carbocycles. The Hall–Kier alpha value is -2.10. The molecular weight excluding hydrogens is 488 g/mol. The molecule has 0 bridgehead atoms. The highest BCUT2D eigenvalue weighted by atomic mass is 35.5. The number of carbonyl (C=O) groups is 3. The molecule has 2 N–H and O–H groups in total. The van der Waals surface area contributed by atoms with Gasteiger partial charge in [0.1, 0.15) is 6.04 Å². The van der Waals surface area contributed by atoms with Crippen molar-refractivity contribution in [2.45, 2.75) is 57.5 Å². The minimum atomic E-state index is -0.838. The van der Waals surface area contributed by atoms with Crippen molar-refractivity contribution in [3.05, 3.63) is 35.9 Å². The van der Waals surface area contributed by atoms with Crippen LogP contribution in [-0.4, -0.2) is 59.2 Å². The first-order valence-corrected chi connectivity index (χ1v) is 13.3. The van der Waals surface area contributed by atoms with Gasteiger partial charge in [0, 0.05) is 38.0 Å². The van der Waals surface area contributed by atoms with Crippen molar-refractivity contribution in [3.8, 4) is 0 Å². The lowest BCUT2D eigenvalue weighted by Crippen LogP contribution is -2.53. The van der Waals surface area contributed by atoms with Gasteiger partial charge in [-0.2, -0.15) is 0 Å². The third-order valence-corrected chi connectivity index (χ3v) is 7.84. The molecule has 1 unspecified atom stereocenters. The van der Waals surface area contributed by atoms with Gasteiger partial charge in [-0.05, 0) is 37.2 Å². The zero-order valence-corrected chi connectivity index (χ0v) is 21.6. The molecule has 2 heterocycles. The molecule has 1 aliphatic carbocycles. The van der Waals surface area contributed by atoms with E-state index in [0.29, 0.717) is 37.8 Å². The Labute approximate surface area is 217 Å². The molecule has 0 aromatic heterocycles. The van der Waals surface area contributed by atoms with Crippen LogP contribution in [0.25, 0.3) is 0 Å². The molecule has 0 radical (unpaired) electrons. The number of amidine groups is 1. The van der Waals surface area contributed by atoms with E-state index in [9.17, 15) is 14.4 Å². The van der Waals surface area contributed by atoms with Gasteiger partial charge in [0.25, 0.3) is 0 Å². The molecule has 10 heteroatoms. The summed E-state index contributed by atoms with van der Waals surface area (Å²) in [6, 6.07) is 9.23. The van der Waals surface area contributed by atoms with E-state index in [1.807, 2.05) is 18.2 Å². The minimum Gasteiger partial charge on any atom is -0.381 e. The fourth-order valence-corrected chi connectivity index (χ4v) is 5.81. The lowest BCUT2D eigenvalue weighted by Gasteiger charge is -2.31. The van der Waals surface area contributed by atoms with Gasteiger partial charge >= 0.3 is 5.91 Å². The minimum absolute atomic E-state index is 0. The van der Waals surface area contributed by atoms with Gasteiger partial charge in [-0.1, -0.05) is 61.4 Å². The van der Waals surface area contributed by atoms with Crippen LogP contribution in [0.4, 0.5) is 0 Å². The molecule has 2 saturated heterocycles. The topological polar surface area (TPSA) is 100 Å². The second-order valence-corrected chi connectivity index (χ2v) is 10.3. The van der Waals surface area contributed by atoms with Crippen molar-refractivity contribution < 1.29 is 19.1 Å². The van der Waals surface area contributed by atoms with Crippen LogP contribution in [0.5, 0.6) is 0 Å². The van der Waals surface area contributed by atoms with E-state index in [1.165, 1.54) is 0 Å². The lowest BCUT2D eigenvalue weighted by atomic mass is 9.85. The summed E-state index contributed by atoms with van der Waals surface area (Å²) in [6.45, 7) is 2.58. The van der Waals surface area contributed by atoms with Crippen LogP contribution < -0.4 is 10.7 Å². The molecule has 2 aliphatic heterocycles. The summed E-state index contributed by atoms with van der Waals surface area (Å²) in [5.41, 5.74) is 3.62. The molecule has 4 rings (SSSR count). The summed E-state index contributed by atoms with van der Waals surface area (Å²) in [5, 5.41) is 7.90. The smallest absolute Gasteiger partial charge is 0.309 e. The summed E-state index contributed by atoms with van der Waals surface area (Å²) in [7, 11) is 0. The first-order valence-electron chi connectivity index (χ1n) is 12.3. The van der Waals surface area contributed by atoms with Crippen LogP contribution >= 0.6 is 24.2 Å². The van der Waals surface area contributed by atoms with Crippen LogP contribution in [0.15, 0.2) is 35.4 Å². The van der Waals surface area contributed by atoms with Gasteiger partial charge in [0.15, 0.2) is 5.17 Å². The molecule has 35 heavy (non-hydrogen) atoms. The van der Waals surface area contributed by atoms with Crippen molar-refractivity contribution >= 4 is 46.9 Å². The zero-order valence-electron chi connectivity index (χ0n) is 19.9. The Morgan fingerprint density at radius 3 is 2.49 bits per heavy atom. The summed E-state index contributed by atoms with van der Waals surface area (Å²) in [5.74, 6) is -0.823. The number of Topliss-reactive ketones (excluding diaryl/α,β-unsaturated/α-hetero) is 1. The molecule has 8 nitrogen and oxygen atoms in total. The van der Waals surface area contributed by atoms with Gasteiger partial charge in [-0.3, -0.25) is 14.4 Å². The quantitative estimate of drug-likeness (QED) is 0.402. The van der Waals surface area contributed by atoms with Crippen LogP contribution in [0, 0.1) is 11.8 Å². The number of nitrogens with one attached hydrogen (secondary N) is 2. The molecule has 3 fully saturated rings. The summed E-state index contributed by atoms with van der Waals surface area (Å²) in [4.78, 5) is 41.0. The molecule has 192 valence electrons. The van der Waals surface area contributed by atoms with Crippen molar-refractivity contribution in [1.82, 2.24) is 15.6 Å². The number of hydrogen-bond donors (Lipinski definition) is 2. The van der Waals surface area contributed by atoms with Crippen LogP contribution in [0.3, 0.4) is 0 Å². The maximum Gasteiger partial charge on any atom is 0.309 e. The molecular formula is C25H35ClN4O4S. The van der Waals surface area contributed by atoms with Gasteiger partial charge in [-0.15, -0.1) is 17.5 Å². The first kappa shape index (κ1) is 27.5. The largest absolute Gasteiger partial charge is 0.381 e. The molecule has 1 aromatic rings. The average Bonchev–Trinajstić information content (AvgIpc) is 3.33. The summed E-state index contributed by atoms with van der Waals surface area (Å²) >= 11 is 1.55. The first-order chi connectivity index (χ1) is 16.6. The number of amides is 2. The van der Waals surface area contributed by atoms with Crippen molar-refractivity contribution in [2.24, 2.45) is 16.9 Å². The van der Waals surface area contributed by atoms with E-state index in [1.54, 1.807) is 11.8 Å². The van der Waals surface area contributed by atoms with E-state index in [4.69, 9.17) is 4.74 Å². The predicted molar refractivity (Wildman–Crippen MR) is 139 cm³/mol. The number of carbonyl (C=O) groups excluding carboxylic acids is 3. The van der Waals surface area contributed by atoms with Crippen molar-refractivity contribution in [2.75, 3.05) is 25.5 Å². The normalized spacial score (nSPS) is 21.3. The molecule has 1 aromatic carbocycles. The predicted octanol–water partition coefficient (Wildman–Crippen LogP) is 3.11. The zero-order chi connectivity index (χ0) is 23.8. The van der Waals surface area contributed by atoms with Gasteiger partial charge in [-0.25, -0.2) is 5.43 Å². The fraction of sp³-hybridized carbons (Fsp3) is 0.600. The van der Waals surface area contributed by atoms with Gasteiger partial charge in [0.2, 0.25) is 11.7 Å². The molecule has 2 amide bonds. The number of halogens is 1. The Kier molecular flexibility index (Phi) is 10.9. The molecule has 3 aliphatic rings. The molecule has 0 spiro atoms. The monoisotopic (exact) mass is 522 g/mol. The van der Waals surface area contributed by atoms with Crippen molar-refractivity contribution in [3.63, 3.8) is 0 Å². The number of hydrazone groups is 1. The fourth-order valence-electron chi connectivity index (χ4n) is 4.86. The third kappa shape index (κ3) is 7.69. The highest BCUT2D eigenvalue weighted by molar-refractivity contribution is 8.14. The number of benzene rings is 1. The second-order valence-electron chi connectivity index (χ2n) is 9.23. The van der Waals surface area contributed by atoms with E-state index in [-0.39, 0.29) is 30.2 Å². The number of nitrogens with zero attached hydrogens (tertiary/aromatic N) is 2. The number of hydrogen-bond acceptors (Lipinski definition) is 6. The van der Waals surface area contributed by atoms with Crippen LogP contribution in [0.1, 0.15) is 50.5 Å². The number of ketones is 1. The Morgan fingerprint density at radius 2 is 1.77 bits per heavy atom. The Bertz CT molecular complexity index is 889. The Balaban J connectivity index is 0.00000342. The van der Waals surface area contributed by atoms with Gasteiger partial charge < -0.3 is 15.0 Å². The standard InChI is InChI=1S/C25H34N4O4S.ClH/c30-22(21(19-11-14-33-15-12-19)26-23(31)20-9-5-2-6-10-20)24(32)27-28-25-29(13-16-34-25)17-18-7-3-1-4-8-18;/h1,3-4,7-8,19-21H,2,5-6,9-17H2,(H,26,31)(H,27,32);1H/b28-25-;. The summed E-state index contributed by atoms with van der Waals surface area (Å²) < 4.78 is 5.43. The van der Waals surface area contributed by atoms with E-state index in [0.717, 1.165) is 50.0 Å². The van der Waals surface area contributed by atoms with Gasteiger partial charge in [0.05, 0.1) is 0 Å². The second kappa shape index (κ2) is 13.8. The Morgan fingerprint density at radius 1 is 1.06 bits per heavy atom. The van der Waals surface area contributed by atoms with Crippen LogP contribution in [0.2, 0.25) is 0 Å². The highest BCUT2D eigenvalue weighted by Crippen LogP contribution is 2.26. The maximum atomic E-state index is 13.2. The lowest BCUT2D eigenvalue weighted by molar-refractivity contribution is -0.142. The van der Waals surface area contributed by atoms with Crippen molar-refractivity contribution in [1.29, 1.82) is 0 Å². The van der Waals surface area contributed by atoms with Crippen LogP contribution in [-0.2, 0) is 25.7 Å². The van der Waals surface area contributed by atoms with E-state index < -0.39 is 17.7 Å². The van der Waals surface area contributed by atoms with E-state index in [2.05, 4.69) is 32.9 Å². The number of ether oxygens (including phenoxy) is 1. The third-order valence-electron chi connectivity index (χ3n) is 6.85. The molecule has 1 atom stereocenters. The summed E-state index contributed by atoms with van der Waals surface area (Å²) in [6.07, 6.45) is 6.18. The average molecular weight is 523 g/mol. The highest BCUT2D eigenvalue weighted by Gasteiger charge is 2.36. The number of rotatable bonds is 8. The SMILES string of the molecule is Cl.O=C(N/N=C1\SCCN1Cc1ccccc1)C(=O)C(NC(=O)C1CCCCC1)C1CCOCC1. The maximum absolute atomic E-state index is 13.2.